The van der Waals surface area contributed by atoms with E-state index in [2.05, 4.69) is 76.2 Å². The molecule has 8 nitrogen and oxygen atoms in total. The summed E-state index contributed by atoms with van der Waals surface area (Å²) in [6, 6.07) is 0. The second kappa shape index (κ2) is 21.2. The van der Waals surface area contributed by atoms with Crippen LogP contribution in [0.1, 0.15) is 253 Å². The highest BCUT2D eigenvalue weighted by Crippen LogP contribution is 2.72. The molecule has 16 unspecified atom stereocenters. The van der Waals surface area contributed by atoms with E-state index in [0.717, 1.165) is 76.0 Å². The summed E-state index contributed by atoms with van der Waals surface area (Å²) in [6.07, 6.45) is 22.5. The molecule has 8 bridgehead atoms. The zero-order chi connectivity index (χ0) is 51.1. The van der Waals surface area contributed by atoms with E-state index >= 15 is 0 Å². The molecule has 0 N–H and O–H groups in total. The van der Waals surface area contributed by atoms with Crippen molar-refractivity contribution in [2.45, 2.75) is 275 Å². The Morgan fingerprint density at radius 3 is 1.21 bits per heavy atom. The molecule has 8 rings (SSSR count). The summed E-state index contributed by atoms with van der Waals surface area (Å²) in [5, 5.41) is 0. The fourth-order valence-electron chi connectivity index (χ4n) is 15.5. The highest BCUT2D eigenvalue weighted by Gasteiger charge is 2.71. The van der Waals surface area contributed by atoms with Crippen LogP contribution < -0.4 is 0 Å². The van der Waals surface area contributed by atoms with Crippen LogP contribution >= 0.6 is 0 Å². The first-order chi connectivity index (χ1) is 31.6. The third kappa shape index (κ3) is 10.1. The average molecular weight is 953 g/mol. The molecular formula is C60H104O8. The number of rotatable bonds is 14. The first-order valence-electron chi connectivity index (χ1n) is 28.5. The lowest BCUT2D eigenvalue weighted by Gasteiger charge is -2.47. The van der Waals surface area contributed by atoms with Crippen LogP contribution in [0, 0.1) is 80.8 Å². The van der Waals surface area contributed by atoms with Gasteiger partial charge in [-0.15, -0.1) is 0 Å². The number of ether oxygens (including phenoxy) is 4. The molecule has 0 saturated heterocycles. The van der Waals surface area contributed by atoms with Gasteiger partial charge >= 0.3 is 23.9 Å². The molecule has 68 heavy (non-hydrogen) atoms. The van der Waals surface area contributed by atoms with Crippen molar-refractivity contribution in [1.82, 2.24) is 0 Å². The zero-order valence-electron chi connectivity index (χ0n) is 47.2. The maximum absolute atomic E-state index is 12.3. The number of fused-ring (bicyclic) bond motifs is 8. The minimum Gasteiger partial charge on any atom is -0.459 e. The Bertz CT molecular complexity index is 1770. The van der Waals surface area contributed by atoms with Crippen molar-refractivity contribution in [3.05, 3.63) is 0 Å². The molecule has 0 aromatic heterocycles. The molecule has 0 aromatic rings. The molecule has 0 heterocycles. The van der Waals surface area contributed by atoms with Crippen LogP contribution in [-0.4, -0.2) is 46.3 Å². The van der Waals surface area contributed by atoms with Crippen LogP contribution in [0.3, 0.4) is 0 Å². The molecular weight excluding hydrogens is 849 g/mol. The third-order valence-electron chi connectivity index (χ3n) is 22.8. The van der Waals surface area contributed by atoms with Gasteiger partial charge in [0.15, 0.2) is 0 Å². The van der Waals surface area contributed by atoms with Crippen LogP contribution in [0.2, 0.25) is 0 Å². The number of esters is 4. The van der Waals surface area contributed by atoms with Crippen molar-refractivity contribution < 1.29 is 38.1 Å². The van der Waals surface area contributed by atoms with Crippen LogP contribution in [0.25, 0.3) is 0 Å². The van der Waals surface area contributed by atoms with E-state index in [0.29, 0.717) is 29.1 Å². The van der Waals surface area contributed by atoms with E-state index in [-0.39, 0.29) is 86.2 Å². The molecule has 0 aliphatic heterocycles. The number of hydrogen-bond donors (Lipinski definition) is 0. The average Bonchev–Trinajstić information content (AvgIpc) is 4.19. The van der Waals surface area contributed by atoms with E-state index in [4.69, 9.17) is 18.9 Å². The first kappa shape index (κ1) is 56.8. The molecule has 0 aromatic carbocycles. The van der Waals surface area contributed by atoms with E-state index in [1.165, 1.54) is 64.2 Å². The first-order valence-corrected chi connectivity index (χ1v) is 28.5. The molecule has 0 spiro atoms. The van der Waals surface area contributed by atoms with Gasteiger partial charge in [-0.3, -0.25) is 19.2 Å². The highest BCUT2D eigenvalue weighted by atomic mass is 16.6. The Morgan fingerprint density at radius 2 is 0.868 bits per heavy atom. The fourth-order valence-corrected chi connectivity index (χ4v) is 15.5. The van der Waals surface area contributed by atoms with Crippen molar-refractivity contribution in [3.63, 3.8) is 0 Å². The van der Waals surface area contributed by atoms with E-state index in [9.17, 15) is 19.2 Å². The Kier molecular flexibility index (Phi) is 17.7. The van der Waals surface area contributed by atoms with Crippen molar-refractivity contribution in [2.24, 2.45) is 80.8 Å². The van der Waals surface area contributed by atoms with Gasteiger partial charge in [0.25, 0.3) is 0 Å². The molecule has 8 aliphatic rings. The lowest BCUT2D eigenvalue weighted by molar-refractivity contribution is -0.184. The number of carbonyl (C=O) groups is 4. The molecule has 16 atom stereocenters. The Hall–Kier alpha value is -2.12. The summed E-state index contributed by atoms with van der Waals surface area (Å²) in [4.78, 5) is 48.2. The molecule has 392 valence electrons. The van der Waals surface area contributed by atoms with Crippen LogP contribution in [0.5, 0.6) is 0 Å². The van der Waals surface area contributed by atoms with E-state index in [1.54, 1.807) is 0 Å². The Morgan fingerprint density at radius 1 is 0.441 bits per heavy atom. The highest BCUT2D eigenvalue weighted by molar-refractivity contribution is 5.74. The minimum absolute atomic E-state index is 0.00699. The van der Waals surface area contributed by atoms with Crippen LogP contribution in [-0.2, 0) is 38.1 Å². The third-order valence-corrected chi connectivity index (χ3v) is 22.8. The predicted octanol–water partition coefficient (Wildman–Crippen LogP) is 15.5. The summed E-state index contributed by atoms with van der Waals surface area (Å²) in [5.74, 6) is 4.54. The summed E-state index contributed by atoms with van der Waals surface area (Å²) in [5.41, 5.74) is 0.138. The summed E-state index contributed by atoms with van der Waals surface area (Å²) < 4.78 is 23.8. The van der Waals surface area contributed by atoms with Crippen LogP contribution in [0.15, 0.2) is 0 Å². The number of carbonyl (C=O) groups excluding carboxylic acids is 4. The van der Waals surface area contributed by atoms with Gasteiger partial charge in [-0.1, -0.05) is 111 Å². The van der Waals surface area contributed by atoms with Crippen LogP contribution in [0.4, 0.5) is 0 Å². The Balaban J connectivity index is 0.000000170. The Labute approximate surface area is 416 Å². The van der Waals surface area contributed by atoms with Crippen molar-refractivity contribution in [1.29, 1.82) is 0 Å². The van der Waals surface area contributed by atoms with Gasteiger partial charge < -0.3 is 18.9 Å². The summed E-state index contributed by atoms with van der Waals surface area (Å²) in [7, 11) is 0. The van der Waals surface area contributed by atoms with Crippen molar-refractivity contribution in [2.75, 3.05) is 0 Å². The van der Waals surface area contributed by atoms with Gasteiger partial charge in [0, 0.05) is 10.8 Å². The van der Waals surface area contributed by atoms with Gasteiger partial charge in [0.1, 0.15) is 22.4 Å². The second-order valence-corrected chi connectivity index (χ2v) is 26.4. The van der Waals surface area contributed by atoms with Gasteiger partial charge in [-0.05, 0) is 189 Å². The SMILES string of the molecule is CCC(C)C(=O)OC1(C)CC2CCC1(C)C2(C)C.CCC(C)C(=O)OC1(C)CC2CCC1C2.CCC(C)C(=O)OC1(CC)CC2CCC1(C)C2(C)C.CCC(C)C(=O)OC1(CC)CC2CCC1C2. The van der Waals surface area contributed by atoms with E-state index in [1.807, 2.05) is 48.5 Å². The molecule has 0 amide bonds. The molecule has 8 fully saturated rings. The predicted molar refractivity (Wildman–Crippen MR) is 274 cm³/mol. The van der Waals surface area contributed by atoms with Gasteiger partial charge in [-0.2, -0.15) is 0 Å². The molecule has 8 heteroatoms. The number of hydrogen-bond acceptors (Lipinski definition) is 8. The molecule has 8 saturated carbocycles. The second-order valence-electron chi connectivity index (χ2n) is 26.4. The van der Waals surface area contributed by atoms with E-state index < -0.39 is 0 Å². The fraction of sp³-hybridized carbons (Fsp3) is 0.933. The van der Waals surface area contributed by atoms with Gasteiger partial charge in [0.2, 0.25) is 0 Å². The quantitative estimate of drug-likeness (QED) is 0.125. The maximum atomic E-state index is 12.3. The van der Waals surface area contributed by atoms with Gasteiger partial charge in [0.05, 0.1) is 23.7 Å². The molecule has 8 aliphatic carbocycles. The smallest absolute Gasteiger partial charge is 0.309 e. The van der Waals surface area contributed by atoms with Crippen molar-refractivity contribution in [3.8, 4) is 0 Å². The normalized spacial score (nSPS) is 40.9. The van der Waals surface area contributed by atoms with Gasteiger partial charge in [-0.25, -0.2) is 0 Å². The summed E-state index contributed by atoms with van der Waals surface area (Å²) in [6.45, 7) is 38.8. The van der Waals surface area contributed by atoms with Crippen molar-refractivity contribution >= 4 is 23.9 Å². The monoisotopic (exact) mass is 953 g/mol. The lowest BCUT2D eigenvalue weighted by atomic mass is 9.63. The topological polar surface area (TPSA) is 105 Å². The summed E-state index contributed by atoms with van der Waals surface area (Å²) >= 11 is 0. The minimum atomic E-state index is -0.264. The standard InChI is InChI=1S/C17H30O2.C16H28O2.C14H24O2.C13H22O2/c1-7-12(3)14(18)19-17(8-2)11-13-9-10-16(17,6)15(13,4)5;1-7-11(2)13(17)18-16(6)10-12-8-9-15(16,5)14(12,3)4;1-4-10(3)13(15)16-14(5-2)9-11-6-7-12(14)8-11;1-4-9(2)12(14)15-13(3)8-10-5-6-11(13)7-10/h12-13H,7-11H2,1-6H3;11-12H,7-10H2,1-6H3;10-12H,4-9H2,1-3H3;9-11H,4-8H2,1-3H3. The maximum Gasteiger partial charge on any atom is 0.309 e. The largest absolute Gasteiger partial charge is 0.459 e. The molecule has 0 radical (unpaired) electrons. The lowest BCUT2D eigenvalue weighted by Crippen LogP contribution is -2.50. The zero-order valence-corrected chi connectivity index (χ0v) is 47.2.